The molecular formula is C31H39N3O3. The Labute approximate surface area is 219 Å². The molecular weight excluding hydrogens is 462 g/mol. The average molecular weight is 502 g/mol. The molecule has 6 heteroatoms. The molecule has 4 bridgehead atoms. The van der Waals surface area contributed by atoms with E-state index in [0.717, 1.165) is 56.7 Å². The maximum absolute atomic E-state index is 13.7. The van der Waals surface area contributed by atoms with Gasteiger partial charge in [-0.1, -0.05) is 13.0 Å². The fraction of sp³-hybridized carbons (Fsp3) is 0.613. The largest absolute Gasteiger partial charge is 0.508 e. The van der Waals surface area contributed by atoms with E-state index in [2.05, 4.69) is 22.0 Å². The van der Waals surface area contributed by atoms with Gasteiger partial charge in [0.05, 0.1) is 0 Å². The number of hydrogen-bond donors (Lipinski definition) is 2. The highest BCUT2D eigenvalue weighted by Crippen LogP contribution is 2.72. The van der Waals surface area contributed by atoms with Crippen LogP contribution in [-0.4, -0.2) is 58.0 Å². The smallest absolute Gasteiger partial charge is 0.261 e. The number of phenolic OH excluding ortho intramolecular Hbond substituents is 1. The van der Waals surface area contributed by atoms with Gasteiger partial charge >= 0.3 is 0 Å². The van der Waals surface area contributed by atoms with Crippen LogP contribution in [0.5, 0.6) is 5.75 Å². The van der Waals surface area contributed by atoms with Gasteiger partial charge in [-0.15, -0.1) is 0 Å². The van der Waals surface area contributed by atoms with E-state index in [9.17, 15) is 14.7 Å². The minimum absolute atomic E-state index is 0.0139. The van der Waals surface area contributed by atoms with Crippen LogP contribution in [0.2, 0.25) is 0 Å². The van der Waals surface area contributed by atoms with Gasteiger partial charge in [0.2, 0.25) is 0 Å². The Morgan fingerprint density at radius 2 is 1.95 bits per heavy atom. The summed E-state index contributed by atoms with van der Waals surface area (Å²) < 4.78 is 0. The fourth-order valence-corrected chi connectivity index (χ4v) is 9.45. The second-order valence-electron chi connectivity index (χ2n) is 12.6. The second kappa shape index (κ2) is 8.20. The molecule has 4 aliphatic carbocycles. The van der Waals surface area contributed by atoms with Gasteiger partial charge < -0.3 is 15.0 Å². The van der Waals surface area contributed by atoms with Gasteiger partial charge in [0, 0.05) is 36.8 Å². The number of aromatic amines is 1. The number of hydrogen-bond acceptors (Lipinski definition) is 4. The summed E-state index contributed by atoms with van der Waals surface area (Å²) in [6.07, 6.45) is 10.1. The second-order valence-corrected chi connectivity index (χ2v) is 12.6. The van der Waals surface area contributed by atoms with Crippen LogP contribution in [0.4, 0.5) is 0 Å². The zero-order valence-corrected chi connectivity index (χ0v) is 22.1. The summed E-state index contributed by atoms with van der Waals surface area (Å²) in [5.41, 5.74) is 3.76. The molecule has 2 heterocycles. The third kappa shape index (κ3) is 3.20. The van der Waals surface area contributed by atoms with E-state index in [1.54, 1.807) is 6.07 Å². The molecule has 0 radical (unpaired) electrons. The van der Waals surface area contributed by atoms with Crippen LogP contribution in [0.15, 0.2) is 35.1 Å². The summed E-state index contributed by atoms with van der Waals surface area (Å²) in [5, 5.41) is 10.6. The number of fused-ring (bicyclic) bond motifs is 1. The molecule has 1 aromatic carbocycles. The Morgan fingerprint density at radius 1 is 1.14 bits per heavy atom. The van der Waals surface area contributed by atoms with E-state index < -0.39 is 0 Å². The van der Waals surface area contributed by atoms with Crippen LogP contribution >= 0.6 is 0 Å². The van der Waals surface area contributed by atoms with Crippen LogP contribution in [0.1, 0.15) is 79.0 Å². The van der Waals surface area contributed by atoms with Crippen LogP contribution in [0, 0.1) is 17.3 Å². The lowest BCUT2D eigenvalue weighted by atomic mass is 9.43. The van der Waals surface area contributed by atoms with Crippen molar-refractivity contribution in [2.24, 2.45) is 17.3 Å². The third-order valence-corrected chi connectivity index (χ3v) is 11.2. The first-order valence-corrected chi connectivity index (χ1v) is 14.4. The van der Waals surface area contributed by atoms with Gasteiger partial charge in [0.15, 0.2) is 0 Å². The molecule has 196 valence electrons. The number of piperidine rings is 1. The van der Waals surface area contributed by atoms with Crippen LogP contribution in [0.3, 0.4) is 0 Å². The van der Waals surface area contributed by atoms with Crippen LogP contribution in [-0.2, 0) is 18.3 Å². The number of aromatic hydroxyl groups is 1. The molecule has 5 unspecified atom stereocenters. The maximum atomic E-state index is 13.7. The summed E-state index contributed by atoms with van der Waals surface area (Å²) in [4.78, 5) is 34.1. The lowest BCUT2D eigenvalue weighted by Gasteiger charge is -2.67. The Bertz CT molecular complexity index is 1320. The molecule has 1 aliphatic heterocycles. The molecule has 5 aliphatic rings. The minimum Gasteiger partial charge on any atom is -0.508 e. The number of carbonyl (C=O) groups excluding carboxylic acids is 1. The van der Waals surface area contributed by atoms with Gasteiger partial charge in [-0.25, -0.2) is 0 Å². The number of amides is 1. The Kier molecular flexibility index (Phi) is 5.21. The molecule has 6 nitrogen and oxygen atoms in total. The zero-order chi connectivity index (χ0) is 25.5. The van der Waals surface area contributed by atoms with E-state index in [0.29, 0.717) is 17.7 Å². The topological polar surface area (TPSA) is 76.6 Å². The first-order valence-electron chi connectivity index (χ1n) is 14.4. The number of rotatable bonds is 5. The Balaban J connectivity index is 1.29. The number of aromatic nitrogens is 1. The monoisotopic (exact) mass is 501 g/mol. The van der Waals surface area contributed by atoms with Gasteiger partial charge in [0.1, 0.15) is 11.3 Å². The highest BCUT2D eigenvalue weighted by atomic mass is 16.3. The predicted octanol–water partition coefficient (Wildman–Crippen LogP) is 4.25. The number of nitrogens with one attached hydrogen (secondary N) is 1. The minimum atomic E-state index is -0.285. The molecule has 7 rings (SSSR count). The van der Waals surface area contributed by atoms with Gasteiger partial charge in [0.25, 0.3) is 11.5 Å². The van der Waals surface area contributed by atoms with Crippen molar-refractivity contribution in [1.82, 2.24) is 14.8 Å². The zero-order valence-electron chi connectivity index (χ0n) is 22.1. The van der Waals surface area contributed by atoms with Crippen molar-refractivity contribution >= 4 is 5.91 Å². The van der Waals surface area contributed by atoms with E-state index >= 15 is 0 Å². The maximum Gasteiger partial charge on any atom is 0.261 e. The molecule has 0 spiro atoms. The lowest BCUT2D eigenvalue weighted by molar-refractivity contribution is -0.104. The number of benzene rings is 1. The normalized spacial score (nSPS) is 34.1. The summed E-state index contributed by atoms with van der Waals surface area (Å²) in [6, 6.07) is 10.3. The van der Waals surface area contributed by atoms with Crippen LogP contribution < -0.4 is 5.56 Å². The number of phenols is 1. The third-order valence-electron chi connectivity index (χ3n) is 11.2. The summed E-state index contributed by atoms with van der Waals surface area (Å²) in [7, 11) is 1.91. The highest BCUT2D eigenvalue weighted by Gasteiger charge is 2.71. The Hall–Kier alpha value is -2.60. The average Bonchev–Trinajstić information content (AvgIpc) is 3.68. The molecule has 4 fully saturated rings. The van der Waals surface area contributed by atoms with E-state index in [1.165, 1.54) is 36.9 Å². The van der Waals surface area contributed by atoms with E-state index in [-0.39, 0.29) is 33.9 Å². The van der Waals surface area contributed by atoms with Crippen molar-refractivity contribution < 1.29 is 9.90 Å². The summed E-state index contributed by atoms with van der Waals surface area (Å²) in [5.74, 6) is 1.41. The number of aryl methyl sites for hydroxylation is 1. The van der Waals surface area contributed by atoms with Crippen molar-refractivity contribution in [3.05, 3.63) is 63.1 Å². The molecule has 2 N–H and O–H groups in total. The standard InChI is InChI=1S/C31H39N3O3/c1-3-21-7-9-23(28(36)32-21)29(37)33(2)26-11-13-30-12-10-24(26)31(30)14-15-34(18-19-4-5-19)27(30)16-20-6-8-22(35)17-25(20)31/h6-9,17,19,24,26-27,35H,3-5,10-16,18H2,1-2H3,(H,32,36). The van der Waals surface area contributed by atoms with Crippen molar-refractivity contribution in [2.45, 2.75) is 82.2 Å². The van der Waals surface area contributed by atoms with Gasteiger partial charge in [-0.2, -0.15) is 0 Å². The lowest BCUT2D eigenvalue weighted by Crippen LogP contribution is -2.70. The quantitative estimate of drug-likeness (QED) is 0.642. The number of pyridine rings is 1. The molecule has 1 aromatic heterocycles. The Morgan fingerprint density at radius 3 is 2.70 bits per heavy atom. The van der Waals surface area contributed by atoms with Crippen molar-refractivity contribution in [3.8, 4) is 5.75 Å². The number of carbonyl (C=O) groups is 1. The van der Waals surface area contributed by atoms with Gasteiger partial charge in [-0.3, -0.25) is 14.5 Å². The van der Waals surface area contributed by atoms with Crippen molar-refractivity contribution in [2.75, 3.05) is 20.1 Å². The number of H-pyrrole nitrogens is 1. The number of likely N-dealkylation sites (tertiary alicyclic amines) is 1. The van der Waals surface area contributed by atoms with Crippen molar-refractivity contribution in [3.63, 3.8) is 0 Å². The molecule has 1 saturated heterocycles. The first-order chi connectivity index (χ1) is 17.9. The predicted molar refractivity (Wildman–Crippen MR) is 143 cm³/mol. The van der Waals surface area contributed by atoms with E-state index in [1.807, 2.05) is 31.0 Å². The molecule has 1 amide bonds. The summed E-state index contributed by atoms with van der Waals surface area (Å²) in [6.45, 7) is 4.34. The fourth-order valence-electron chi connectivity index (χ4n) is 9.45. The van der Waals surface area contributed by atoms with Crippen LogP contribution in [0.25, 0.3) is 0 Å². The van der Waals surface area contributed by atoms with Crippen molar-refractivity contribution in [1.29, 1.82) is 0 Å². The molecule has 2 aromatic rings. The molecule has 5 atom stereocenters. The highest BCUT2D eigenvalue weighted by molar-refractivity contribution is 5.94. The SMILES string of the molecule is CCc1ccc(C(=O)N(C)C2CCC34CCC2C32CCN(CC3CC3)C4Cc3ccc(O)cc32)c(=O)[nH]1. The number of nitrogens with zero attached hydrogens (tertiary/aromatic N) is 2. The first kappa shape index (κ1) is 23.5. The van der Waals surface area contributed by atoms with E-state index in [4.69, 9.17) is 0 Å². The molecule has 37 heavy (non-hydrogen) atoms. The summed E-state index contributed by atoms with van der Waals surface area (Å²) >= 11 is 0. The van der Waals surface area contributed by atoms with Gasteiger partial charge in [-0.05, 0) is 117 Å². The molecule has 3 saturated carbocycles.